The predicted molar refractivity (Wildman–Crippen MR) is 169 cm³/mol. The lowest BCUT2D eigenvalue weighted by molar-refractivity contribution is 0.197. The van der Waals surface area contributed by atoms with Crippen molar-refractivity contribution in [3.05, 3.63) is 65.9 Å². The van der Waals surface area contributed by atoms with Crippen molar-refractivity contribution in [1.29, 1.82) is 0 Å². The van der Waals surface area contributed by atoms with Crippen molar-refractivity contribution < 1.29 is 4.74 Å². The van der Waals surface area contributed by atoms with E-state index in [-0.39, 0.29) is 6.10 Å². The Morgan fingerprint density at radius 2 is 1.91 bits per heavy atom. The van der Waals surface area contributed by atoms with Gasteiger partial charge in [-0.3, -0.25) is 9.58 Å². The van der Waals surface area contributed by atoms with Crippen LogP contribution in [0.25, 0.3) is 22.2 Å². The number of nitrogens with one attached hydrogen (secondary N) is 3. The molecule has 43 heavy (non-hydrogen) atoms. The highest BCUT2D eigenvalue weighted by molar-refractivity contribution is 5.97. The Morgan fingerprint density at radius 1 is 1.09 bits per heavy atom. The lowest BCUT2D eigenvalue weighted by Gasteiger charge is -2.17. The summed E-state index contributed by atoms with van der Waals surface area (Å²) in [6.45, 7) is 8.41. The van der Waals surface area contributed by atoms with Crippen LogP contribution >= 0.6 is 0 Å². The zero-order valence-electron chi connectivity index (χ0n) is 25.4. The number of para-hydroxylation sites is 1. The fourth-order valence-electron chi connectivity index (χ4n) is 5.39. The van der Waals surface area contributed by atoms with Gasteiger partial charge in [-0.15, -0.1) is 0 Å². The number of rotatable bonds is 11. The van der Waals surface area contributed by atoms with Gasteiger partial charge in [-0.2, -0.15) is 5.10 Å². The van der Waals surface area contributed by atoms with Gasteiger partial charge < -0.3 is 25.3 Å². The number of likely N-dealkylation sites (tertiary alicyclic amines) is 1. The SMILES string of the molecule is Cc1cnc(Nc2cc(C)n(C)n2)nc1-c1c[nH]c2c(CN3CCC(Oc4cnc(NCCN(C)C)nc4)C3)cccc12. The summed E-state index contributed by atoms with van der Waals surface area (Å²) in [7, 11) is 6.00. The Morgan fingerprint density at radius 3 is 2.67 bits per heavy atom. The van der Waals surface area contributed by atoms with Crippen molar-refractivity contribution in [2.24, 2.45) is 7.05 Å². The predicted octanol–water partition coefficient (Wildman–Crippen LogP) is 4.14. The smallest absolute Gasteiger partial charge is 0.228 e. The van der Waals surface area contributed by atoms with Gasteiger partial charge in [0.25, 0.3) is 0 Å². The third-order valence-electron chi connectivity index (χ3n) is 7.78. The first kappa shape index (κ1) is 28.6. The van der Waals surface area contributed by atoms with Gasteiger partial charge in [0.1, 0.15) is 6.10 Å². The molecule has 0 spiro atoms. The number of aromatic nitrogens is 7. The Bertz CT molecular complexity index is 1670. The summed E-state index contributed by atoms with van der Waals surface area (Å²) in [6, 6.07) is 8.44. The highest BCUT2D eigenvalue weighted by Gasteiger charge is 2.25. The summed E-state index contributed by atoms with van der Waals surface area (Å²) in [5.41, 5.74) is 6.38. The molecule has 1 fully saturated rings. The molecule has 1 aliphatic heterocycles. The zero-order valence-corrected chi connectivity index (χ0v) is 25.4. The molecular weight excluding hydrogens is 542 g/mol. The van der Waals surface area contributed by atoms with E-state index < -0.39 is 0 Å². The number of aryl methyl sites for hydroxylation is 3. The van der Waals surface area contributed by atoms with Crippen molar-refractivity contribution in [2.45, 2.75) is 32.9 Å². The molecule has 1 aliphatic rings. The Kier molecular flexibility index (Phi) is 8.21. The summed E-state index contributed by atoms with van der Waals surface area (Å²) in [4.78, 5) is 26.3. The largest absolute Gasteiger partial charge is 0.486 e. The molecule has 4 aromatic heterocycles. The second-order valence-corrected chi connectivity index (χ2v) is 11.4. The van der Waals surface area contributed by atoms with Crippen LogP contribution in [0.15, 0.2) is 49.1 Å². The highest BCUT2D eigenvalue weighted by atomic mass is 16.5. The number of aromatic amines is 1. The molecular formula is C31H39N11O. The molecule has 5 heterocycles. The Balaban J connectivity index is 1.11. The second-order valence-electron chi connectivity index (χ2n) is 11.4. The van der Waals surface area contributed by atoms with Gasteiger partial charge in [0.15, 0.2) is 11.6 Å². The molecule has 1 atom stereocenters. The normalized spacial score (nSPS) is 15.4. The van der Waals surface area contributed by atoms with Gasteiger partial charge in [-0.05, 0) is 45.5 Å². The van der Waals surface area contributed by atoms with Crippen LogP contribution in [0.3, 0.4) is 0 Å². The van der Waals surface area contributed by atoms with Gasteiger partial charge in [0.05, 0.1) is 23.6 Å². The first-order valence-electron chi connectivity index (χ1n) is 14.6. The van der Waals surface area contributed by atoms with Crippen LogP contribution < -0.4 is 15.4 Å². The molecule has 0 radical (unpaired) electrons. The van der Waals surface area contributed by atoms with Crippen molar-refractivity contribution in [3.8, 4) is 17.0 Å². The molecule has 0 saturated carbocycles. The van der Waals surface area contributed by atoms with Gasteiger partial charge in [-0.25, -0.2) is 19.9 Å². The van der Waals surface area contributed by atoms with E-state index in [2.05, 4.69) is 63.7 Å². The van der Waals surface area contributed by atoms with Crippen molar-refractivity contribution >= 4 is 28.6 Å². The number of benzene rings is 1. The highest BCUT2D eigenvalue weighted by Crippen LogP contribution is 2.32. The lowest BCUT2D eigenvalue weighted by atomic mass is 10.0. The molecule has 224 valence electrons. The summed E-state index contributed by atoms with van der Waals surface area (Å²) < 4.78 is 8.05. The van der Waals surface area contributed by atoms with Crippen LogP contribution in [0.4, 0.5) is 17.7 Å². The molecule has 3 N–H and O–H groups in total. The number of fused-ring (bicyclic) bond motifs is 1. The van der Waals surface area contributed by atoms with E-state index >= 15 is 0 Å². The van der Waals surface area contributed by atoms with Gasteiger partial charge in [0.2, 0.25) is 11.9 Å². The fourth-order valence-corrected chi connectivity index (χ4v) is 5.39. The number of anilines is 3. The molecule has 0 aliphatic carbocycles. The van der Waals surface area contributed by atoms with E-state index in [9.17, 15) is 0 Å². The minimum Gasteiger partial charge on any atom is -0.486 e. The third-order valence-corrected chi connectivity index (χ3v) is 7.78. The standard InChI is InChI=1S/C31H39N11O/c1-20-14-34-31(37-27-13-21(2)41(5)39-27)38-28(20)26-17-33-29-22(7-6-8-25(26)29)18-42-11-9-23(19-42)43-24-15-35-30(36-16-24)32-10-12-40(3)4/h6-8,13-17,23,33H,9-12,18-19H2,1-5H3,(H,32,35,36)(H,34,37,38,39). The molecule has 6 rings (SSSR count). The topological polar surface area (TPSA) is 125 Å². The summed E-state index contributed by atoms with van der Waals surface area (Å²) in [5, 5.41) is 12.1. The Labute approximate surface area is 251 Å². The van der Waals surface area contributed by atoms with Gasteiger partial charge in [-0.1, -0.05) is 18.2 Å². The minimum atomic E-state index is 0.104. The summed E-state index contributed by atoms with van der Waals surface area (Å²) in [6.07, 6.45) is 8.47. The fraction of sp³-hybridized carbons (Fsp3) is 0.387. The number of hydrogen-bond acceptors (Lipinski definition) is 10. The summed E-state index contributed by atoms with van der Waals surface area (Å²) >= 11 is 0. The van der Waals surface area contributed by atoms with E-state index in [0.29, 0.717) is 17.6 Å². The van der Waals surface area contributed by atoms with E-state index in [1.54, 1.807) is 12.4 Å². The zero-order chi connectivity index (χ0) is 29.9. The van der Waals surface area contributed by atoms with Crippen LogP contribution in [-0.4, -0.2) is 90.9 Å². The average molecular weight is 582 g/mol. The van der Waals surface area contributed by atoms with Crippen LogP contribution in [-0.2, 0) is 13.6 Å². The quantitative estimate of drug-likeness (QED) is 0.210. The molecule has 1 aromatic carbocycles. The third kappa shape index (κ3) is 6.60. The van der Waals surface area contributed by atoms with Crippen LogP contribution in [0, 0.1) is 13.8 Å². The maximum atomic E-state index is 6.23. The van der Waals surface area contributed by atoms with Gasteiger partial charge >= 0.3 is 0 Å². The molecule has 1 saturated heterocycles. The monoisotopic (exact) mass is 581 g/mol. The molecule has 5 aromatic rings. The number of hydrogen-bond donors (Lipinski definition) is 3. The van der Waals surface area contributed by atoms with E-state index in [1.807, 2.05) is 58.1 Å². The minimum absolute atomic E-state index is 0.104. The number of H-pyrrole nitrogens is 1. The first-order chi connectivity index (χ1) is 20.8. The lowest BCUT2D eigenvalue weighted by Crippen LogP contribution is -2.25. The molecule has 12 heteroatoms. The van der Waals surface area contributed by atoms with Crippen molar-refractivity contribution in [3.63, 3.8) is 0 Å². The molecule has 0 bridgehead atoms. The first-order valence-corrected chi connectivity index (χ1v) is 14.6. The second kappa shape index (κ2) is 12.4. The van der Waals surface area contributed by atoms with Crippen LogP contribution in [0.1, 0.15) is 23.2 Å². The molecule has 12 nitrogen and oxygen atoms in total. The molecule has 0 amide bonds. The maximum absolute atomic E-state index is 6.23. The molecule has 1 unspecified atom stereocenters. The van der Waals surface area contributed by atoms with E-state index in [1.165, 1.54) is 5.56 Å². The van der Waals surface area contributed by atoms with Crippen molar-refractivity contribution in [2.75, 3.05) is 50.9 Å². The van der Waals surface area contributed by atoms with E-state index in [0.717, 1.165) is 78.4 Å². The van der Waals surface area contributed by atoms with Crippen molar-refractivity contribution in [1.82, 2.24) is 44.5 Å². The van der Waals surface area contributed by atoms with Gasteiger partial charge in [0, 0.05) is 74.9 Å². The summed E-state index contributed by atoms with van der Waals surface area (Å²) in [5.74, 6) is 2.57. The van der Waals surface area contributed by atoms with Crippen LogP contribution in [0.2, 0.25) is 0 Å². The van der Waals surface area contributed by atoms with E-state index in [4.69, 9.17) is 9.72 Å². The Hall–Kier alpha value is -4.55. The number of ether oxygens (including phenoxy) is 1. The average Bonchev–Trinajstić information content (AvgIpc) is 3.70. The maximum Gasteiger partial charge on any atom is 0.228 e. The van der Waals surface area contributed by atoms with Crippen LogP contribution in [0.5, 0.6) is 5.75 Å². The number of nitrogens with zero attached hydrogens (tertiary/aromatic N) is 8. The number of likely N-dealkylation sites (N-methyl/N-ethyl adjacent to an activating group) is 1.